The van der Waals surface area contributed by atoms with Crippen LogP contribution in [0.5, 0.6) is 0 Å². The summed E-state index contributed by atoms with van der Waals surface area (Å²) in [5, 5.41) is 12.0. The number of hydrogen-bond donors (Lipinski definition) is 1. The molecule has 1 aliphatic carbocycles. The Bertz CT molecular complexity index is 565. The van der Waals surface area contributed by atoms with Crippen LogP contribution in [0.2, 0.25) is 0 Å². The van der Waals surface area contributed by atoms with Crippen molar-refractivity contribution in [1.82, 2.24) is 10.2 Å². The Kier molecular flexibility index (Phi) is 4.59. The highest BCUT2D eigenvalue weighted by molar-refractivity contribution is 5.79. The van der Waals surface area contributed by atoms with E-state index in [-0.39, 0.29) is 24.2 Å². The van der Waals surface area contributed by atoms with Crippen LogP contribution in [0, 0.1) is 23.1 Å². The van der Waals surface area contributed by atoms with E-state index in [1.807, 2.05) is 6.07 Å². The number of rotatable bonds is 6. The normalized spacial score (nSPS) is 17.1. The number of carbonyl (C=O) groups excluding carboxylic acids is 1. The Morgan fingerprint density at radius 3 is 2.86 bits per heavy atom. The van der Waals surface area contributed by atoms with Crippen molar-refractivity contribution in [3.63, 3.8) is 0 Å². The molecule has 1 aromatic rings. The Morgan fingerprint density at radius 1 is 1.57 bits per heavy atom. The average molecular weight is 289 g/mol. The van der Waals surface area contributed by atoms with Crippen LogP contribution in [0.4, 0.5) is 4.39 Å². The van der Waals surface area contributed by atoms with Gasteiger partial charge in [-0.3, -0.25) is 9.69 Å². The van der Waals surface area contributed by atoms with Crippen LogP contribution >= 0.6 is 0 Å². The molecule has 0 heterocycles. The number of likely N-dealkylation sites (N-methyl/N-ethyl adjacent to an activating group) is 1. The van der Waals surface area contributed by atoms with Crippen LogP contribution < -0.4 is 5.32 Å². The molecule has 1 fully saturated rings. The fraction of sp³-hybridized carbons (Fsp3) is 0.500. The number of nitriles is 1. The van der Waals surface area contributed by atoms with Crippen LogP contribution in [-0.2, 0) is 11.3 Å². The molecule has 1 amide bonds. The Labute approximate surface area is 124 Å². The van der Waals surface area contributed by atoms with Crippen molar-refractivity contribution in [2.75, 3.05) is 13.6 Å². The molecule has 0 saturated heterocycles. The van der Waals surface area contributed by atoms with E-state index in [0.717, 1.165) is 18.4 Å². The molecule has 0 aliphatic heterocycles. The van der Waals surface area contributed by atoms with E-state index in [9.17, 15) is 14.4 Å². The van der Waals surface area contributed by atoms with E-state index in [1.54, 1.807) is 24.9 Å². The number of amides is 1. The lowest BCUT2D eigenvalue weighted by molar-refractivity contribution is -0.123. The highest BCUT2D eigenvalue weighted by atomic mass is 19.1. The smallest absolute Gasteiger partial charge is 0.235 e. The standard InChI is InChI=1S/C16H20FN3O/c1-16(11-18,13-6-7-13)19-15(21)10-20(2)9-12-4-3-5-14(17)8-12/h3-5,8,13H,6-7,9-10H2,1-2H3,(H,19,21)/t16-/m0/s1. The van der Waals surface area contributed by atoms with E-state index in [1.165, 1.54) is 12.1 Å². The van der Waals surface area contributed by atoms with Crippen LogP contribution in [0.15, 0.2) is 24.3 Å². The van der Waals surface area contributed by atoms with Crippen molar-refractivity contribution in [3.05, 3.63) is 35.6 Å². The van der Waals surface area contributed by atoms with Crippen molar-refractivity contribution >= 4 is 5.91 Å². The first-order valence-corrected chi connectivity index (χ1v) is 7.08. The molecule has 1 aliphatic rings. The summed E-state index contributed by atoms with van der Waals surface area (Å²) in [6.07, 6.45) is 1.98. The fourth-order valence-corrected chi connectivity index (χ4v) is 2.46. The summed E-state index contributed by atoms with van der Waals surface area (Å²) < 4.78 is 13.1. The minimum atomic E-state index is -0.767. The van der Waals surface area contributed by atoms with Gasteiger partial charge in [-0.15, -0.1) is 0 Å². The maximum Gasteiger partial charge on any atom is 0.235 e. The highest BCUT2D eigenvalue weighted by Crippen LogP contribution is 2.39. The summed E-state index contributed by atoms with van der Waals surface area (Å²) in [6.45, 7) is 2.44. The molecule has 1 atom stereocenters. The van der Waals surface area contributed by atoms with Crippen LogP contribution in [0.25, 0.3) is 0 Å². The van der Waals surface area contributed by atoms with Gasteiger partial charge in [0.2, 0.25) is 5.91 Å². The molecule has 0 radical (unpaired) electrons. The molecule has 0 bridgehead atoms. The van der Waals surface area contributed by atoms with E-state index < -0.39 is 5.54 Å². The van der Waals surface area contributed by atoms with Gasteiger partial charge in [0, 0.05) is 6.54 Å². The average Bonchev–Trinajstić information content (AvgIpc) is 3.22. The molecule has 4 nitrogen and oxygen atoms in total. The number of halogens is 1. The second kappa shape index (κ2) is 6.23. The number of nitrogens with one attached hydrogen (secondary N) is 1. The van der Waals surface area contributed by atoms with Crippen molar-refractivity contribution in [2.45, 2.75) is 31.8 Å². The third kappa shape index (κ3) is 4.27. The fourth-order valence-electron chi connectivity index (χ4n) is 2.46. The zero-order chi connectivity index (χ0) is 15.5. The number of nitrogens with zero attached hydrogens (tertiary/aromatic N) is 2. The van der Waals surface area contributed by atoms with E-state index >= 15 is 0 Å². The second-order valence-electron chi connectivity index (χ2n) is 5.94. The number of carbonyl (C=O) groups is 1. The molecule has 5 heteroatoms. The summed E-state index contributed by atoms with van der Waals surface area (Å²) in [7, 11) is 1.80. The lowest BCUT2D eigenvalue weighted by atomic mass is 9.98. The molecule has 0 aromatic heterocycles. The molecule has 1 aromatic carbocycles. The molecule has 21 heavy (non-hydrogen) atoms. The molecular formula is C16H20FN3O. The predicted molar refractivity (Wildman–Crippen MR) is 77.6 cm³/mol. The molecule has 1 N–H and O–H groups in total. The summed E-state index contributed by atoms with van der Waals surface area (Å²) in [4.78, 5) is 13.8. The van der Waals surface area contributed by atoms with Crippen LogP contribution in [0.1, 0.15) is 25.3 Å². The summed E-state index contributed by atoms with van der Waals surface area (Å²) in [5.74, 6) is -0.194. The van der Waals surface area contributed by atoms with Gasteiger partial charge in [-0.25, -0.2) is 4.39 Å². The molecular weight excluding hydrogens is 269 g/mol. The van der Waals surface area contributed by atoms with Crippen molar-refractivity contribution < 1.29 is 9.18 Å². The van der Waals surface area contributed by atoms with Crippen LogP contribution in [-0.4, -0.2) is 29.9 Å². The summed E-state index contributed by atoms with van der Waals surface area (Å²) in [5.41, 5.74) is 0.0482. The van der Waals surface area contributed by atoms with Gasteiger partial charge in [0.05, 0.1) is 12.6 Å². The zero-order valence-electron chi connectivity index (χ0n) is 12.4. The third-order valence-corrected chi connectivity index (χ3v) is 3.78. The minimum absolute atomic E-state index is 0.176. The summed E-state index contributed by atoms with van der Waals surface area (Å²) in [6, 6.07) is 8.52. The minimum Gasteiger partial charge on any atom is -0.337 e. The topological polar surface area (TPSA) is 56.1 Å². The van der Waals surface area contributed by atoms with Crippen LogP contribution in [0.3, 0.4) is 0 Å². The summed E-state index contributed by atoms with van der Waals surface area (Å²) >= 11 is 0. The zero-order valence-corrected chi connectivity index (χ0v) is 12.4. The maximum absolute atomic E-state index is 13.1. The van der Waals surface area contributed by atoms with Gasteiger partial charge in [-0.2, -0.15) is 5.26 Å². The van der Waals surface area contributed by atoms with Crippen molar-refractivity contribution in [1.29, 1.82) is 5.26 Å². The van der Waals surface area contributed by atoms with Crippen molar-refractivity contribution in [3.8, 4) is 6.07 Å². The largest absolute Gasteiger partial charge is 0.337 e. The van der Waals surface area contributed by atoms with Crippen molar-refractivity contribution in [2.24, 2.45) is 5.92 Å². The van der Waals surface area contributed by atoms with Gasteiger partial charge >= 0.3 is 0 Å². The maximum atomic E-state index is 13.1. The second-order valence-corrected chi connectivity index (χ2v) is 5.94. The Morgan fingerprint density at radius 2 is 2.29 bits per heavy atom. The highest BCUT2D eigenvalue weighted by Gasteiger charge is 2.42. The van der Waals surface area contributed by atoms with Gasteiger partial charge in [0.25, 0.3) is 0 Å². The first-order valence-electron chi connectivity index (χ1n) is 7.08. The molecule has 1 saturated carbocycles. The van der Waals surface area contributed by atoms with E-state index in [4.69, 9.17) is 0 Å². The third-order valence-electron chi connectivity index (χ3n) is 3.78. The van der Waals surface area contributed by atoms with E-state index in [2.05, 4.69) is 11.4 Å². The monoisotopic (exact) mass is 289 g/mol. The Balaban J connectivity index is 1.86. The number of benzene rings is 1. The van der Waals surface area contributed by atoms with Gasteiger partial charge in [0.15, 0.2) is 0 Å². The lowest BCUT2D eigenvalue weighted by Crippen LogP contribution is -2.49. The predicted octanol–water partition coefficient (Wildman–Crippen LogP) is 2.07. The first kappa shape index (κ1) is 15.5. The molecule has 0 unspecified atom stereocenters. The molecule has 0 spiro atoms. The quantitative estimate of drug-likeness (QED) is 0.872. The van der Waals surface area contributed by atoms with Gasteiger partial charge in [-0.1, -0.05) is 12.1 Å². The Hall–Kier alpha value is -1.93. The SMILES string of the molecule is CN(CC(=O)N[C@@](C)(C#N)C1CC1)Cc1cccc(F)c1. The lowest BCUT2D eigenvalue weighted by Gasteiger charge is -2.24. The number of hydrogen-bond acceptors (Lipinski definition) is 3. The van der Waals surface area contributed by atoms with E-state index in [0.29, 0.717) is 6.54 Å². The first-order chi connectivity index (χ1) is 9.93. The van der Waals surface area contributed by atoms with Gasteiger partial charge in [0.1, 0.15) is 11.4 Å². The van der Waals surface area contributed by atoms with Gasteiger partial charge in [-0.05, 0) is 50.4 Å². The molecule has 2 rings (SSSR count). The van der Waals surface area contributed by atoms with Gasteiger partial charge < -0.3 is 5.32 Å². The molecule has 112 valence electrons.